The van der Waals surface area contributed by atoms with Crippen molar-refractivity contribution in [3.05, 3.63) is 11.4 Å². The monoisotopic (exact) mass is 283 g/mol. The summed E-state index contributed by atoms with van der Waals surface area (Å²) in [6.07, 6.45) is 1.07. The molecule has 0 aliphatic rings. The van der Waals surface area contributed by atoms with Crippen molar-refractivity contribution in [3.8, 4) is 5.75 Å². The Morgan fingerprint density at radius 3 is 2.55 bits per heavy atom. The third kappa shape index (κ3) is 3.97. The van der Waals surface area contributed by atoms with E-state index < -0.39 is 17.9 Å². The molecule has 0 radical (unpaired) electrons. The minimum Gasteiger partial charge on any atom is -0.480 e. The quantitative estimate of drug-likeness (QED) is 0.771. The first kappa shape index (κ1) is 16.0. The highest BCUT2D eigenvalue weighted by Crippen LogP contribution is 2.20. The molecule has 0 saturated carbocycles. The molecule has 1 atom stereocenters. The predicted molar refractivity (Wildman–Crippen MR) is 72.7 cm³/mol. The molecular weight excluding hydrogens is 262 g/mol. The van der Waals surface area contributed by atoms with Gasteiger partial charge in [0.25, 0.3) is 5.91 Å². The van der Waals surface area contributed by atoms with Crippen LogP contribution in [0.5, 0.6) is 5.75 Å². The van der Waals surface area contributed by atoms with E-state index in [4.69, 9.17) is 9.84 Å². The van der Waals surface area contributed by atoms with Gasteiger partial charge in [-0.15, -0.1) is 0 Å². The second-order valence-corrected chi connectivity index (χ2v) is 4.66. The van der Waals surface area contributed by atoms with Crippen LogP contribution in [0.3, 0.4) is 0 Å². The van der Waals surface area contributed by atoms with E-state index in [0.29, 0.717) is 24.3 Å². The Hall–Kier alpha value is -2.05. The van der Waals surface area contributed by atoms with Crippen LogP contribution in [-0.2, 0) is 16.6 Å². The molecule has 112 valence electrons. The number of carboxylic acids is 1. The Morgan fingerprint density at radius 2 is 2.10 bits per heavy atom. The summed E-state index contributed by atoms with van der Waals surface area (Å²) in [5.74, 6) is -0.924. The highest BCUT2D eigenvalue weighted by Gasteiger charge is 2.19. The number of nitrogens with one attached hydrogen (secondary N) is 1. The maximum absolute atomic E-state index is 11.7. The fourth-order valence-corrected chi connectivity index (χ4v) is 1.88. The number of aromatic nitrogens is 2. The van der Waals surface area contributed by atoms with Gasteiger partial charge in [-0.2, -0.15) is 5.10 Å². The number of amides is 1. The number of rotatable bonds is 7. The van der Waals surface area contributed by atoms with E-state index in [2.05, 4.69) is 10.4 Å². The van der Waals surface area contributed by atoms with E-state index >= 15 is 0 Å². The van der Waals surface area contributed by atoms with Crippen LogP contribution in [0.4, 0.5) is 0 Å². The van der Waals surface area contributed by atoms with E-state index in [-0.39, 0.29) is 6.61 Å². The van der Waals surface area contributed by atoms with Crippen molar-refractivity contribution in [2.45, 2.75) is 39.7 Å². The number of aliphatic carboxylic acids is 1. The smallest absolute Gasteiger partial charge is 0.326 e. The standard InChI is InChI=1S/C13H21N3O4/c1-5-6-10(13(18)19)14-11(17)7-20-12-8(2)15-16(4)9(12)3/h10H,5-7H2,1-4H3,(H,14,17)(H,18,19). The molecule has 7 nitrogen and oxygen atoms in total. The predicted octanol–water partition coefficient (Wildman–Crippen LogP) is 0.785. The Bertz CT molecular complexity index is 496. The van der Waals surface area contributed by atoms with Crippen molar-refractivity contribution in [2.75, 3.05) is 6.61 Å². The van der Waals surface area contributed by atoms with Crippen molar-refractivity contribution in [3.63, 3.8) is 0 Å². The van der Waals surface area contributed by atoms with Gasteiger partial charge in [0, 0.05) is 7.05 Å². The van der Waals surface area contributed by atoms with Gasteiger partial charge in [-0.05, 0) is 20.3 Å². The Labute approximate surface area is 117 Å². The summed E-state index contributed by atoms with van der Waals surface area (Å²) in [5, 5.41) is 15.6. The molecule has 1 unspecified atom stereocenters. The molecule has 0 aliphatic heterocycles. The lowest BCUT2D eigenvalue weighted by molar-refractivity contribution is -0.142. The minimum absolute atomic E-state index is 0.221. The number of hydrogen-bond acceptors (Lipinski definition) is 4. The third-order valence-corrected chi connectivity index (χ3v) is 3.00. The van der Waals surface area contributed by atoms with E-state index in [1.165, 1.54) is 0 Å². The third-order valence-electron chi connectivity index (χ3n) is 3.00. The van der Waals surface area contributed by atoms with Crippen LogP contribution in [0.25, 0.3) is 0 Å². The first-order valence-electron chi connectivity index (χ1n) is 6.52. The van der Waals surface area contributed by atoms with Crippen LogP contribution in [-0.4, -0.2) is 39.4 Å². The SMILES string of the molecule is CCCC(NC(=O)COc1c(C)nn(C)c1C)C(=O)O. The number of nitrogens with zero attached hydrogens (tertiary/aromatic N) is 2. The maximum atomic E-state index is 11.7. The van der Waals surface area contributed by atoms with Gasteiger partial charge in [-0.1, -0.05) is 13.3 Å². The van der Waals surface area contributed by atoms with Gasteiger partial charge >= 0.3 is 5.97 Å². The zero-order chi connectivity index (χ0) is 15.3. The highest BCUT2D eigenvalue weighted by atomic mass is 16.5. The van der Waals surface area contributed by atoms with E-state index in [1.54, 1.807) is 18.7 Å². The first-order valence-corrected chi connectivity index (χ1v) is 6.52. The number of ether oxygens (including phenoxy) is 1. The lowest BCUT2D eigenvalue weighted by Crippen LogP contribution is -2.42. The number of carbonyl (C=O) groups excluding carboxylic acids is 1. The van der Waals surface area contributed by atoms with Gasteiger partial charge in [0.1, 0.15) is 11.7 Å². The van der Waals surface area contributed by atoms with Gasteiger partial charge in [0.15, 0.2) is 12.4 Å². The summed E-state index contributed by atoms with van der Waals surface area (Å²) in [6.45, 7) is 5.27. The molecule has 7 heteroatoms. The fraction of sp³-hybridized carbons (Fsp3) is 0.615. The Kier molecular flexibility index (Phi) is 5.54. The van der Waals surface area contributed by atoms with Gasteiger partial charge in [0.2, 0.25) is 0 Å². The molecule has 0 saturated heterocycles. The summed E-state index contributed by atoms with van der Waals surface area (Å²) in [7, 11) is 1.79. The van der Waals surface area contributed by atoms with Gasteiger partial charge in [-0.3, -0.25) is 9.48 Å². The second kappa shape index (κ2) is 6.93. The van der Waals surface area contributed by atoms with Crippen LogP contribution >= 0.6 is 0 Å². The Morgan fingerprint density at radius 1 is 1.45 bits per heavy atom. The summed E-state index contributed by atoms with van der Waals surface area (Å²) in [4.78, 5) is 22.7. The lowest BCUT2D eigenvalue weighted by Gasteiger charge is -2.14. The first-order chi connectivity index (χ1) is 9.36. The number of carbonyl (C=O) groups is 2. The average Bonchev–Trinajstić information content (AvgIpc) is 2.60. The molecule has 1 rings (SSSR count). The zero-order valence-corrected chi connectivity index (χ0v) is 12.3. The zero-order valence-electron chi connectivity index (χ0n) is 12.3. The normalized spacial score (nSPS) is 12.0. The van der Waals surface area contributed by atoms with Crippen molar-refractivity contribution in [1.82, 2.24) is 15.1 Å². The van der Waals surface area contributed by atoms with Crippen LogP contribution in [0.2, 0.25) is 0 Å². The summed E-state index contributed by atoms with van der Waals surface area (Å²) >= 11 is 0. The molecule has 1 aromatic heterocycles. The number of hydrogen-bond donors (Lipinski definition) is 2. The molecule has 1 amide bonds. The average molecular weight is 283 g/mol. The van der Waals surface area contributed by atoms with Gasteiger partial charge < -0.3 is 15.2 Å². The van der Waals surface area contributed by atoms with Crippen molar-refractivity contribution >= 4 is 11.9 Å². The molecule has 1 aromatic rings. The highest BCUT2D eigenvalue weighted by molar-refractivity contribution is 5.84. The Balaban J connectivity index is 2.56. The van der Waals surface area contributed by atoms with Crippen molar-refractivity contribution in [2.24, 2.45) is 7.05 Å². The van der Waals surface area contributed by atoms with Crippen LogP contribution in [0.15, 0.2) is 0 Å². The van der Waals surface area contributed by atoms with Crippen molar-refractivity contribution < 1.29 is 19.4 Å². The summed E-state index contributed by atoms with van der Waals surface area (Å²) in [6, 6.07) is -0.868. The van der Waals surface area contributed by atoms with Crippen LogP contribution in [0.1, 0.15) is 31.2 Å². The number of aryl methyl sites for hydroxylation is 2. The lowest BCUT2D eigenvalue weighted by atomic mass is 10.2. The molecule has 0 aliphatic carbocycles. The van der Waals surface area contributed by atoms with Gasteiger partial charge in [0.05, 0.1) is 5.69 Å². The van der Waals surface area contributed by atoms with E-state index in [0.717, 1.165) is 5.69 Å². The van der Waals surface area contributed by atoms with Crippen LogP contribution < -0.4 is 10.1 Å². The maximum Gasteiger partial charge on any atom is 0.326 e. The molecule has 1 heterocycles. The van der Waals surface area contributed by atoms with E-state index in [1.807, 2.05) is 13.8 Å². The van der Waals surface area contributed by atoms with E-state index in [9.17, 15) is 9.59 Å². The second-order valence-electron chi connectivity index (χ2n) is 4.66. The topological polar surface area (TPSA) is 93.5 Å². The van der Waals surface area contributed by atoms with Crippen LogP contribution in [0, 0.1) is 13.8 Å². The number of carboxylic acid groups (broad SMARTS) is 1. The molecule has 20 heavy (non-hydrogen) atoms. The molecule has 0 bridgehead atoms. The molecule has 0 aromatic carbocycles. The minimum atomic E-state index is -1.03. The fourth-order valence-electron chi connectivity index (χ4n) is 1.88. The van der Waals surface area contributed by atoms with Gasteiger partial charge in [-0.25, -0.2) is 4.79 Å². The molecular formula is C13H21N3O4. The largest absolute Gasteiger partial charge is 0.480 e. The molecule has 0 spiro atoms. The summed E-state index contributed by atoms with van der Waals surface area (Å²) in [5.41, 5.74) is 1.51. The summed E-state index contributed by atoms with van der Waals surface area (Å²) < 4.78 is 7.09. The van der Waals surface area contributed by atoms with Crippen molar-refractivity contribution in [1.29, 1.82) is 0 Å². The molecule has 0 fully saturated rings. The molecule has 2 N–H and O–H groups in total.